The molecular formula is C14H16F2N2O3. The summed E-state index contributed by atoms with van der Waals surface area (Å²) in [6.45, 7) is 0.00270. The van der Waals surface area contributed by atoms with Crippen LogP contribution >= 0.6 is 0 Å². The van der Waals surface area contributed by atoms with Gasteiger partial charge in [-0.15, -0.1) is 0 Å². The van der Waals surface area contributed by atoms with Crippen LogP contribution in [0, 0.1) is 11.6 Å². The van der Waals surface area contributed by atoms with Gasteiger partial charge in [0.1, 0.15) is 0 Å². The van der Waals surface area contributed by atoms with Crippen LogP contribution in [0.15, 0.2) is 12.1 Å². The van der Waals surface area contributed by atoms with Crippen molar-refractivity contribution in [1.82, 2.24) is 5.32 Å². The maximum atomic E-state index is 13.2. The Morgan fingerprint density at radius 3 is 2.43 bits per heavy atom. The molecule has 21 heavy (non-hydrogen) atoms. The third-order valence-corrected chi connectivity index (χ3v) is 3.47. The fourth-order valence-corrected chi connectivity index (χ4v) is 2.39. The van der Waals surface area contributed by atoms with Crippen LogP contribution in [0.2, 0.25) is 0 Å². The number of hydrogen-bond donors (Lipinski definition) is 3. The number of benzene rings is 1. The lowest BCUT2D eigenvalue weighted by molar-refractivity contribution is -0.115. The molecule has 0 unspecified atom stereocenters. The molecular weight excluding hydrogens is 282 g/mol. The van der Waals surface area contributed by atoms with Crippen LogP contribution in [0.3, 0.4) is 0 Å². The molecule has 7 heteroatoms. The van der Waals surface area contributed by atoms with Crippen LogP contribution in [0.5, 0.6) is 0 Å². The van der Waals surface area contributed by atoms with Gasteiger partial charge < -0.3 is 15.7 Å². The highest BCUT2D eigenvalue weighted by molar-refractivity contribution is 6.01. The van der Waals surface area contributed by atoms with Crippen LogP contribution in [0.1, 0.15) is 36.0 Å². The summed E-state index contributed by atoms with van der Waals surface area (Å²) in [4.78, 5) is 22.7. The second kappa shape index (κ2) is 6.62. The predicted octanol–water partition coefficient (Wildman–Crippen LogP) is 2.13. The molecule has 1 saturated carbocycles. The number of nitrogens with one attached hydrogen (secondary N) is 2. The van der Waals surface area contributed by atoms with Crippen molar-refractivity contribution in [2.75, 3.05) is 11.9 Å². The maximum absolute atomic E-state index is 13.2. The lowest BCUT2D eigenvalue weighted by atomic mass is 10.1. The van der Waals surface area contributed by atoms with Crippen molar-refractivity contribution in [1.29, 1.82) is 0 Å². The van der Waals surface area contributed by atoms with Crippen LogP contribution in [0.4, 0.5) is 14.5 Å². The molecule has 0 spiro atoms. The van der Waals surface area contributed by atoms with E-state index < -0.39 is 29.1 Å². The van der Waals surface area contributed by atoms with E-state index in [1.54, 1.807) is 0 Å². The topological polar surface area (TPSA) is 78.4 Å². The molecule has 0 heterocycles. The first-order valence-corrected chi connectivity index (χ1v) is 6.73. The van der Waals surface area contributed by atoms with Crippen LogP contribution in [-0.2, 0) is 4.79 Å². The van der Waals surface area contributed by atoms with Crippen molar-refractivity contribution in [2.45, 2.75) is 31.7 Å². The predicted molar refractivity (Wildman–Crippen MR) is 72.2 cm³/mol. The summed E-state index contributed by atoms with van der Waals surface area (Å²) < 4.78 is 26.2. The summed E-state index contributed by atoms with van der Waals surface area (Å²) in [5, 5.41) is 14.3. The highest BCUT2D eigenvalue weighted by Gasteiger charge is 2.18. The van der Waals surface area contributed by atoms with Gasteiger partial charge in [-0.05, 0) is 18.9 Å². The van der Waals surface area contributed by atoms with Crippen molar-refractivity contribution in [2.24, 2.45) is 0 Å². The Morgan fingerprint density at radius 2 is 1.81 bits per heavy atom. The third kappa shape index (κ3) is 3.98. The second-order valence-corrected chi connectivity index (χ2v) is 5.03. The molecule has 0 aromatic heterocycles. The van der Waals surface area contributed by atoms with E-state index in [-0.39, 0.29) is 18.3 Å². The zero-order valence-corrected chi connectivity index (χ0v) is 11.3. The van der Waals surface area contributed by atoms with E-state index in [2.05, 4.69) is 10.6 Å². The van der Waals surface area contributed by atoms with Gasteiger partial charge in [-0.2, -0.15) is 0 Å². The molecule has 0 atom stereocenters. The molecule has 0 saturated heterocycles. The molecule has 1 aliphatic carbocycles. The first kappa shape index (κ1) is 15.4. The minimum Gasteiger partial charge on any atom is -0.478 e. The normalized spacial score (nSPS) is 15.1. The van der Waals surface area contributed by atoms with E-state index >= 15 is 0 Å². The van der Waals surface area contributed by atoms with Gasteiger partial charge in [0.15, 0.2) is 11.6 Å². The number of carboxylic acid groups (broad SMARTS) is 1. The Labute approximate surface area is 120 Å². The number of halogens is 2. The molecule has 5 nitrogen and oxygen atoms in total. The van der Waals surface area contributed by atoms with Gasteiger partial charge in [-0.1, -0.05) is 12.8 Å². The number of amides is 1. The minimum atomic E-state index is -1.44. The Balaban J connectivity index is 2.02. The van der Waals surface area contributed by atoms with Crippen LogP contribution in [-0.4, -0.2) is 29.6 Å². The van der Waals surface area contributed by atoms with E-state index in [1.807, 2.05) is 0 Å². The molecule has 0 bridgehead atoms. The van der Waals surface area contributed by atoms with Crippen molar-refractivity contribution in [3.05, 3.63) is 29.3 Å². The summed E-state index contributed by atoms with van der Waals surface area (Å²) in [6, 6.07) is 1.50. The fraction of sp³-hybridized carbons (Fsp3) is 0.429. The summed E-state index contributed by atoms with van der Waals surface area (Å²) in [6.07, 6.45) is 4.23. The standard InChI is InChI=1S/C14H16F2N2O3/c15-10-5-9(14(20)21)12(6-11(10)16)18-13(19)7-17-8-3-1-2-4-8/h5-6,8,17H,1-4,7H2,(H,18,19)(H,20,21). The number of carbonyl (C=O) groups is 2. The van der Waals surface area contributed by atoms with E-state index in [4.69, 9.17) is 5.11 Å². The largest absolute Gasteiger partial charge is 0.478 e. The fourth-order valence-electron chi connectivity index (χ4n) is 2.39. The molecule has 1 aromatic carbocycles. The van der Waals surface area contributed by atoms with Gasteiger partial charge in [0, 0.05) is 12.1 Å². The van der Waals surface area contributed by atoms with E-state index in [1.165, 1.54) is 0 Å². The summed E-state index contributed by atoms with van der Waals surface area (Å²) in [5.74, 6) is -4.41. The molecule has 0 radical (unpaired) electrons. The van der Waals surface area contributed by atoms with Crippen molar-refractivity contribution in [3.8, 4) is 0 Å². The Hall–Kier alpha value is -2.02. The monoisotopic (exact) mass is 298 g/mol. The summed E-state index contributed by atoms with van der Waals surface area (Å²) >= 11 is 0. The lowest BCUT2D eigenvalue weighted by Crippen LogP contribution is -2.34. The van der Waals surface area contributed by atoms with Crippen LogP contribution < -0.4 is 10.6 Å². The number of anilines is 1. The molecule has 1 fully saturated rings. The number of carbonyl (C=O) groups excluding carboxylic acids is 1. The van der Waals surface area contributed by atoms with Gasteiger partial charge in [-0.3, -0.25) is 4.79 Å². The molecule has 0 aliphatic heterocycles. The van der Waals surface area contributed by atoms with Crippen molar-refractivity contribution >= 4 is 17.6 Å². The first-order valence-electron chi connectivity index (χ1n) is 6.73. The van der Waals surface area contributed by atoms with E-state index in [0.29, 0.717) is 12.1 Å². The second-order valence-electron chi connectivity index (χ2n) is 5.03. The Morgan fingerprint density at radius 1 is 1.19 bits per heavy atom. The zero-order chi connectivity index (χ0) is 15.4. The van der Waals surface area contributed by atoms with Gasteiger partial charge in [0.05, 0.1) is 17.8 Å². The average molecular weight is 298 g/mol. The smallest absolute Gasteiger partial charge is 0.337 e. The molecule has 1 aliphatic rings. The lowest BCUT2D eigenvalue weighted by Gasteiger charge is -2.13. The molecule has 114 valence electrons. The third-order valence-electron chi connectivity index (χ3n) is 3.47. The highest BCUT2D eigenvalue weighted by atomic mass is 19.2. The van der Waals surface area contributed by atoms with Crippen LogP contribution in [0.25, 0.3) is 0 Å². The van der Waals surface area contributed by atoms with Gasteiger partial charge in [0.25, 0.3) is 0 Å². The SMILES string of the molecule is O=C(CNC1CCCC1)Nc1cc(F)c(F)cc1C(=O)O. The molecule has 3 N–H and O–H groups in total. The average Bonchev–Trinajstić information content (AvgIpc) is 2.93. The molecule has 2 rings (SSSR count). The van der Waals surface area contributed by atoms with Gasteiger partial charge in [-0.25, -0.2) is 13.6 Å². The quantitative estimate of drug-likeness (QED) is 0.778. The Bertz CT molecular complexity index is 557. The summed E-state index contributed by atoms with van der Waals surface area (Å²) in [7, 11) is 0. The van der Waals surface area contributed by atoms with Crippen molar-refractivity contribution < 1.29 is 23.5 Å². The van der Waals surface area contributed by atoms with Gasteiger partial charge >= 0.3 is 5.97 Å². The maximum Gasteiger partial charge on any atom is 0.337 e. The Kier molecular flexibility index (Phi) is 4.85. The van der Waals surface area contributed by atoms with E-state index in [9.17, 15) is 18.4 Å². The first-order chi connectivity index (χ1) is 9.97. The van der Waals surface area contributed by atoms with Gasteiger partial charge in [0.2, 0.25) is 5.91 Å². The number of aromatic carboxylic acids is 1. The number of rotatable bonds is 5. The number of carboxylic acids is 1. The number of hydrogen-bond acceptors (Lipinski definition) is 3. The molecule has 1 amide bonds. The summed E-state index contributed by atoms with van der Waals surface area (Å²) in [5.41, 5.74) is -0.734. The minimum absolute atomic E-state index is 0.00270. The highest BCUT2D eigenvalue weighted by Crippen LogP contribution is 2.20. The zero-order valence-electron chi connectivity index (χ0n) is 11.3. The molecule has 1 aromatic rings. The van der Waals surface area contributed by atoms with Crippen molar-refractivity contribution in [3.63, 3.8) is 0 Å². The van der Waals surface area contributed by atoms with E-state index in [0.717, 1.165) is 25.7 Å².